The molecule has 3 rings (SSSR count). The lowest BCUT2D eigenvalue weighted by Crippen LogP contribution is -2.15. The van der Waals surface area contributed by atoms with Gasteiger partial charge >= 0.3 is 0 Å². The summed E-state index contributed by atoms with van der Waals surface area (Å²) in [5, 5.41) is 6.11. The summed E-state index contributed by atoms with van der Waals surface area (Å²) in [6, 6.07) is 17.1. The Morgan fingerprint density at radius 2 is 1.68 bits per heavy atom. The number of carbonyl (C=O) groups is 1. The van der Waals surface area contributed by atoms with Crippen molar-refractivity contribution in [3.63, 3.8) is 0 Å². The van der Waals surface area contributed by atoms with E-state index in [0.29, 0.717) is 17.3 Å². The van der Waals surface area contributed by atoms with Crippen LogP contribution in [0.3, 0.4) is 0 Å². The third-order valence-electron chi connectivity index (χ3n) is 3.75. The summed E-state index contributed by atoms with van der Waals surface area (Å²) in [5.41, 5.74) is 4.32. The quantitative estimate of drug-likeness (QED) is 0.743. The van der Waals surface area contributed by atoms with Gasteiger partial charge in [0.05, 0.1) is 0 Å². The Balaban J connectivity index is 1.84. The lowest BCUT2D eigenvalue weighted by Gasteiger charge is -2.11. The van der Waals surface area contributed by atoms with Gasteiger partial charge in [-0.1, -0.05) is 35.9 Å². The largest absolute Gasteiger partial charge is 0.340 e. The Labute approximate surface area is 147 Å². The number of hydrogen-bond acceptors (Lipinski definition) is 4. The first-order valence-corrected chi connectivity index (χ1v) is 8.07. The zero-order chi connectivity index (χ0) is 17.8. The second-order valence-corrected chi connectivity index (χ2v) is 5.95. The number of rotatable bonds is 4. The third kappa shape index (κ3) is 4.20. The predicted molar refractivity (Wildman–Crippen MR) is 100 cm³/mol. The summed E-state index contributed by atoms with van der Waals surface area (Å²) < 4.78 is 0. The smallest absolute Gasteiger partial charge is 0.274 e. The van der Waals surface area contributed by atoms with Crippen molar-refractivity contribution in [2.75, 3.05) is 10.6 Å². The number of carbonyl (C=O) groups excluding carboxylic acids is 1. The van der Waals surface area contributed by atoms with Crippen LogP contribution in [0.1, 0.15) is 27.4 Å². The molecule has 5 heteroatoms. The highest BCUT2D eigenvalue weighted by atomic mass is 16.1. The highest BCUT2D eigenvalue weighted by Gasteiger charge is 2.11. The molecule has 0 saturated carbocycles. The molecule has 0 atom stereocenters. The van der Waals surface area contributed by atoms with Crippen LogP contribution in [0.25, 0.3) is 0 Å². The number of aryl methyl sites for hydroxylation is 3. The first-order valence-electron chi connectivity index (χ1n) is 8.07. The van der Waals surface area contributed by atoms with Crippen molar-refractivity contribution < 1.29 is 4.79 Å². The van der Waals surface area contributed by atoms with Gasteiger partial charge in [0.15, 0.2) is 0 Å². The van der Waals surface area contributed by atoms with Gasteiger partial charge in [0.2, 0.25) is 0 Å². The summed E-state index contributed by atoms with van der Waals surface area (Å²) >= 11 is 0. The van der Waals surface area contributed by atoms with Gasteiger partial charge < -0.3 is 10.6 Å². The lowest BCUT2D eigenvalue weighted by molar-refractivity contribution is 0.102. The number of nitrogens with zero attached hydrogens (tertiary/aromatic N) is 2. The molecule has 1 aromatic heterocycles. The Hall–Kier alpha value is -3.21. The minimum absolute atomic E-state index is 0.264. The van der Waals surface area contributed by atoms with Crippen LogP contribution in [0.15, 0.2) is 54.6 Å². The van der Waals surface area contributed by atoms with Gasteiger partial charge in [0.1, 0.15) is 17.3 Å². The Morgan fingerprint density at radius 1 is 0.920 bits per heavy atom. The van der Waals surface area contributed by atoms with E-state index in [1.165, 1.54) is 5.56 Å². The summed E-state index contributed by atoms with van der Waals surface area (Å²) in [6.07, 6.45) is 0. The van der Waals surface area contributed by atoms with Gasteiger partial charge in [-0.25, -0.2) is 9.97 Å². The van der Waals surface area contributed by atoms with Crippen molar-refractivity contribution in [2.45, 2.75) is 20.8 Å². The van der Waals surface area contributed by atoms with E-state index in [4.69, 9.17) is 0 Å². The number of benzene rings is 2. The standard InChI is InChI=1S/C20H20N4O/c1-13-9-10-17(14(2)11-13)24-19-12-18(21-15(3)22-19)20(25)23-16-7-5-4-6-8-16/h4-12H,1-3H3,(H,23,25)(H,21,22,24). The van der Waals surface area contributed by atoms with Gasteiger partial charge in [-0.3, -0.25) is 4.79 Å². The number of hydrogen-bond donors (Lipinski definition) is 2. The van der Waals surface area contributed by atoms with E-state index in [0.717, 1.165) is 16.9 Å². The van der Waals surface area contributed by atoms with Crippen molar-refractivity contribution in [3.8, 4) is 0 Å². The molecular weight excluding hydrogens is 312 g/mol. The molecule has 2 N–H and O–H groups in total. The molecule has 0 radical (unpaired) electrons. The van der Waals surface area contributed by atoms with Crippen LogP contribution in [0.4, 0.5) is 17.2 Å². The molecule has 0 saturated heterocycles. The van der Waals surface area contributed by atoms with E-state index >= 15 is 0 Å². The van der Waals surface area contributed by atoms with Crippen LogP contribution in [-0.4, -0.2) is 15.9 Å². The average Bonchev–Trinajstić information content (AvgIpc) is 2.58. The Bertz CT molecular complexity index is 907. The van der Waals surface area contributed by atoms with Crippen LogP contribution in [0.2, 0.25) is 0 Å². The second kappa shape index (κ2) is 7.13. The van der Waals surface area contributed by atoms with Crippen molar-refractivity contribution in [2.24, 2.45) is 0 Å². The Kier molecular flexibility index (Phi) is 4.75. The van der Waals surface area contributed by atoms with E-state index in [1.54, 1.807) is 13.0 Å². The van der Waals surface area contributed by atoms with Crippen molar-refractivity contribution in [1.82, 2.24) is 9.97 Å². The molecule has 0 unspecified atom stereocenters. The maximum Gasteiger partial charge on any atom is 0.274 e. The van der Waals surface area contributed by atoms with Gasteiger partial charge in [-0.15, -0.1) is 0 Å². The van der Waals surface area contributed by atoms with Crippen LogP contribution in [-0.2, 0) is 0 Å². The summed E-state index contributed by atoms with van der Waals surface area (Å²) in [5.74, 6) is 0.867. The van der Waals surface area contributed by atoms with E-state index < -0.39 is 0 Å². The molecule has 0 fully saturated rings. The summed E-state index contributed by atoms with van der Waals surface area (Å²) in [4.78, 5) is 21.1. The number of aromatic nitrogens is 2. The van der Waals surface area contributed by atoms with Gasteiger partial charge in [0.25, 0.3) is 5.91 Å². The lowest BCUT2D eigenvalue weighted by atomic mass is 10.1. The fourth-order valence-corrected chi connectivity index (χ4v) is 2.56. The number of amides is 1. The normalized spacial score (nSPS) is 10.4. The molecule has 2 aromatic carbocycles. The summed E-state index contributed by atoms with van der Waals surface area (Å²) in [6.45, 7) is 5.86. The van der Waals surface area contributed by atoms with E-state index in [1.807, 2.05) is 49.4 Å². The van der Waals surface area contributed by atoms with Gasteiger partial charge in [-0.05, 0) is 44.5 Å². The van der Waals surface area contributed by atoms with Crippen LogP contribution in [0.5, 0.6) is 0 Å². The average molecular weight is 332 g/mol. The van der Waals surface area contributed by atoms with Crippen LogP contribution < -0.4 is 10.6 Å². The first kappa shape index (κ1) is 16.6. The van der Waals surface area contributed by atoms with Crippen molar-refractivity contribution in [1.29, 1.82) is 0 Å². The third-order valence-corrected chi connectivity index (χ3v) is 3.75. The first-order chi connectivity index (χ1) is 12.0. The monoisotopic (exact) mass is 332 g/mol. The zero-order valence-corrected chi connectivity index (χ0v) is 14.5. The van der Waals surface area contributed by atoms with Crippen LogP contribution in [0, 0.1) is 20.8 Å². The number of para-hydroxylation sites is 1. The fourth-order valence-electron chi connectivity index (χ4n) is 2.56. The van der Waals surface area contributed by atoms with Gasteiger partial charge in [0, 0.05) is 17.4 Å². The molecule has 0 aliphatic carbocycles. The maximum absolute atomic E-state index is 12.5. The minimum Gasteiger partial charge on any atom is -0.340 e. The summed E-state index contributed by atoms with van der Waals surface area (Å²) in [7, 11) is 0. The SMILES string of the molecule is Cc1ccc(Nc2cc(C(=O)Nc3ccccc3)nc(C)n2)c(C)c1. The highest BCUT2D eigenvalue weighted by molar-refractivity contribution is 6.03. The molecule has 25 heavy (non-hydrogen) atoms. The number of anilines is 3. The Morgan fingerprint density at radius 3 is 2.40 bits per heavy atom. The second-order valence-electron chi connectivity index (χ2n) is 5.95. The number of nitrogens with one attached hydrogen (secondary N) is 2. The topological polar surface area (TPSA) is 66.9 Å². The molecule has 1 amide bonds. The molecule has 3 aromatic rings. The molecular formula is C20H20N4O. The maximum atomic E-state index is 12.5. The van der Waals surface area contributed by atoms with Crippen LogP contribution >= 0.6 is 0 Å². The molecule has 5 nitrogen and oxygen atoms in total. The fraction of sp³-hybridized carbons (Fsp3) is 0.150. The van der Waals surface area contributed by atoms with E-state index in [-0.39, 0.29) is 5.91 Å². The van der Waals surface area contributed by atoms with Crippen molar-refractivity contribution in [3.05, 3.63) is 77.2 Å². The molecule has 0 bridgehead atoms. The molecule has 126 valence electrons. The highest BCUT2D eigenvalue weighted by Crippen LogP contribution is 2.21. The molecule has 1 heterocycles. The van der Waals surface area contributed by atoms with Gasteiger partial charge in [-0.2, -0.15) is 0 Å². The van der Waals surface area contributed by atoms with E-state index in [9.17, 15) is 4.79 Å². The van der Waals surface area contributed by atoms with E-state index in [2.05, 4.69) is 33.6 Å². The molecule has 0 spiro atoms. The minimum atomic E-state index is -0.264. The predicted octanol–water partition coefficient (Wildman–Crippen LogP) is 4.40. The molecule has 0 aliphatic heterocycles. The zero-order valence-electron chi connectivity index (χ0n) is 14.5. The molecule has 0 aliphatic rings. The van der Waals surface area contributed by atoms with Crippen molar-refractivity contribution >= 4 is 23.1 Å².